The molecule has 0 atom stereocenters. The van der Waals surface area contributed by atoms with E-state index in [-0.39, 0.29) is 18.0 Å². The molecule has 0 bridgehead atoms. The van der Waals surface area contributed by atoms with Crippen molar-refractivity contribution in [3.63, 3.8) is 0 Å². The number of hydrogen-bond acceptors (Lipinski definition) is 3. The summed E-state index contributed by atoms with van der Waals surface area (Å²) in [6, 6.07) is 4.65. The van der Waals surface area contributed by atoms with E-state index in [2.05, 4.69) is 5.92 Å². The lowest BCUT2D eigenvalue weighted by atomic mass is 10.1. The largest absolute Gasteiger partial charge is 0.392 e. The first-order valence-corrected chi connectivity index (χ1v) is 6.47. The zero-order valence-electron chi connectivity index (χ0n) is 9.84. The van der Waals surface area contributed by atoms with Gasteiger partial charge in [-0.1, -0.05) is 12.0 Å². The fourth-order valence-electron chi connectivity index (χ4n) is 1.37. The summed E-state index contributed by atoms with van der Waals surface area (Å²) in [5, 5.41) is 9.11. The van der Waals surface area contributed by atoms with E-state index in [9.17, 15) is 8.42 Å². The average Bonchev–Trinajstić information content (AvgIpc) is 2.29. The van der Waals surface area contributed by atoms with Gasteiger partial charge < -0.3 is 5.11 Å². The first-order valence-electron chi connectivity index (χ1n) is 5.03. The van der Waals surface area contributed by atoms with Crippen molar-refractivity contribution in [1.82, 2.24) is 4.31 Å². The standard InChI is InChI=1S/C12H15NO3S/c1-4-7-13(3)17(15,16)12-6-5-10(2)11(8-12)9-14/h1,5-6,8,14H,7,9H2,2-3H3. The summed E-state index contributed by atoms with van der Waals surface area (Å²) < 4.78 is 25.2. The Labute approximate surface area is 102 Å². The van der Waals surface area contributed by atoms with Crippen LogP contribution in [0.1, 0.15) is 11.1 Å². The van der Waals surface area contributed by atoms with E-state index in [1.807, 2.05) is 6.92 Å². The number of aliphatic hydroxyl groups is 1. The highest BCUT2D eigenvalue weighted by Gasteiger charge is 2.20. The van der Waals surface area contributed by atoms with Crippen LogP contribution in [0.5, 0.6) is 0 Å². The van der Waals surface area contributed by atoms with E-state index in [4.69, 9.17) is 11.5 Å². The summed E-state index contributed by atoms with van der Waals surface area (Å²) in [6.07, 6.45) is 5.09. The number of terminal acetylenes is 1. The van der Waals surface area contributed by atoms with Gasteiger partial charge in [0.25, 0.3) is 0 Å². The highest BCUT2D eigenvalue weighted by molar-refractivity contribution is 7.89. The number of nitrogens with zero attached hydrogens (tertiary/aromatic N) is 1. The maximum Gasteiger partial charge on any atom is 0.243 e. The molecule has 0 unspecified atom stereocenters. The van der Waals surface area contributed by atoms with Crippen LogP contribution in [0.4, 0.5) is 0 Å². The van der Waals surface area contributed by atoms with Gasteiger partial charge in [0, 0.05) is 7.05 Å². The number of sulfonamides is 1. The van der Waals surface area contributed by atoms with Crippen LogP contribution in [0.3, 0.4) is 0 Å². The fourth-order valence-corrected chi connectivity index (χ4v) is 2.51. The van der Waals surface area contributed by atoms with Crippen molar-refractivity contribution in [1.29, 1.82) is 0 Å². The summed E-state index contributed by atoms with van der Waals surface area (Å²) in [6.45, 7) is 1.64. The zero-order valence-corrected chi connectivity index (χ0v) is 10.7. The Morgan fingerprint density at radius 2 is 2.12 bits per heavy atom. The SMILES string of the molecule is C#CCN(C)S(=O)(=O)c1ccc(C)c(CO)c1. The van der Waals surface area contributed by atoms with E-state index >= 15 is 0 Å². The fraction of sp³-hybridized carbons (Fsp3) is 0.333. The monoisotopic (exact) mass is 253 g/mol. The molecule has 0 heterocycles. The first kappa shape index (κ1) is 13.7. The molecule has 1 aromatic carbocycles. The smallest absolute Gasteiger partial charge is 0.243 e. The molecule has 1 rings (SSSR count). The molecule has 4 nitrogen and oxygen atoms in total. The van der Waals surface area contributed by atoms with Crippen LogP contribution in [-0.2, 0) is 16.6 Å². The number of aliphatic hydroxyl groups excluding tert-OH is 1. The van der Waals surface area contributed by atoms with Crippen molar-refractivity contribution in [3.05, 3.63) is 29.3 Å². The van der Waals surface area contributed by atoms with Crippen LogP contribution < -0.4 is 0 Å². The highest BCUT2D eigenvalue weighted by atomic mass is 32.2. The first-order chi connectivity index (χ1) is 7.93. The Morgan fingerprint density at radius 1 is 1.47 bits per heavy atom. The van der Waals surface area contributed by atoms with Crippen molar-refractivity contribution in [2.75, 3.05) is 13.6 Å². The minimum atomic E-state index is -3.57. The molecule has 1 N–H and O–H groups in total. The quantitative estimate of drug-likeness (QED) is 0.805. The highest BCUT2D eigenvalue weighted by Crippen LogP contribution is 2.18. The number of hydrogen-bond donors (Lipinski definition) is 1. The van der Waals surface area contributed by atoms with Gasteiger partial charge in [-0.05, 0) is 30.2 Å². The van der Waals surface area contributed by atoms with Crippen molar-refractivity contribution < 1.29 is 13.5 Å². The van der Waals surface area contributed by atoms with Crippen molar-refractivity contribution in [3.8, 4) is 12.3 Å². The Kier molecular flexibility index (Phi) is 4.29. The third-order valence-electron chi connectivity index (χ3n) is 2.51. The van der Waals surface area contributed by atoms with Gasteiger partial charge in [-0.2, -0.15) is 4.31 Å². The number of benzene rings is 1. The van der Waals surface area contributed by atoms with E-state index in [1.54, 1.807) is 6.07 Å². The maximum atomic E-state index is 12.1. The molecule has 0 radical (unpaired) electrons. The Morgan fingerprint density at radius 3 is 2.65 bits per heavy atom. The Balaban J connectivity index is 3.21. The predicted octanol–water partition coefficient (Wildman–Crippen LogP) is 0.741. The van der Waals surface area contributed by atoms with E-state index in [0.29, 0.717) is 5.56 Å². The second kappa shape index (κ2) is 5.32. The minimum Gasteiger partial charge on any atom is -0.392 e. The summed E-state index contributed by atoms with van der Waals surface area (Å²) in [5.74, 6) is 2.28. The molecule has 1 aromatic rings. The van der Waals surface area contributed by atoms with Crippen LogP contribution in [0, 0.1) is 19.3 Å². The predicted molar refractivity (Wildman–Crippen MR) is 65.8 cm³/mol. The number of aryl methyl sites for hydroxylation is 1. The Bertz CT molecular complexity index is 543. The van der Waals surface area contributed by atoms with Gasteiger partial charge in [-0.3, -0.25) is 0 Å². The van der Waals surface area contributed by atoms with Gasteiger partial charge in [0.1, 0.15) is 0 Å². The molecule has 0 fully saturated rings. The normalized spacial score (nSPS) is 11.5. The van der Waals surface area contributed by atoms with Gasteiger partial charge in [0.05, 0.1) is 18.0 Å². The molecule has 5 heteroatoms. The molecule has 17 heavy (non-hydrogen) atoms. The molecular weight excluding hydrogens is 238 g/mol. The van der Waals surface area contributed by atoms with Crippen LogP contribution in [0.2, 0.25) is 0 Å². The zero-order chi connectivity index (χ0) is 13.1. The molecule has 0 aromatic heterocycles. The summed E-state index contributed by atoms with van der Waals surface area (Å²) >= 11 is 0. The molecule has 0 spiro atoms. The van der Waals surface area contributed by atoms with Crippen LogP contribution >= 0.6 is 0 Å². The summed E-state index contributed by atoms with van der Waals surface area (Å²) in [7, 11) is -2.15. The lowest BCUT2D eigenvalue weighted by Crippen LogP contribution is -2.27. The molecule has 0 aliphatic rings. The van der Waals surface area contributed by atoms with Crippen LogP contribution in [0.15, 0.2) is 23.1 Å². The Hall–Kier alpha value is -1.35. The van der Waals surface area contributed by atoms with Gasteiger partial charge in [0.15, 0.2) is 0 Å². The van der Waals surface area contributed by atoms with Crippen molar-refractivity contribution in [2.45, 2.75) is 18.4 Å². The maximum absolute atomic E-state index is 12.1. The third-order valence-corrected chi connectivity index (χ3v) is 4.31. The van der Waals surface area contributed by atoms with Gasteiger partial charge in [-0.15, -0.1) is 6.42 Å². The van der Waals surface area contributed by atoms with Crippen molar-refractivity contribution >= 4 is 10.0 Å². The molecule has 0 saturated carbocycles. The van der Waals surface area contributed by atoms with E-state index in [1.165, 1.54) is 19.2 Å². The molecular formula is C12H15NO3S. The van der Waals surface area contributed by atoms with Gasteiger partial charge in [-0.25, -0.2) is 8.42 Å². The van der Waals surface area contributed by atoms with Crippen molar-refractivity contribution in [2.24, 2.45) is 0 Å². The van der Waals surface area contributed by atoms with Gasteiger partial charge in [0.2, 0.25) is 10.0 Å². The molecule has 92 valence electrons. The molecule has 0 amide bonds. The lowest BCUT2D eigenvalue weighted by molar-refractivity contribution is 0.280. The van der Waals surface area contributed by atoms with E-state index < -0.39 is 10.0 Å². The van der Waals surface area contributed by atoms with Gasteiger partial charge >= 0.3 is 0 Å². The van der Waals surface area contributed by atoms with E-state index in [0.717, 1.165) is 9.87 Å². The summed E-state index contributed by atoms with van der Waals surface area (Å²) in [4.78, 5) is 0.143. The molecule has 0 saturated heterocycles. The number of rotatable bonds is 4. The minimum absolute atomic E-state index is 0.0185. The average molecular weight is 253 g/mol. The van der Waals surface area contributed by atoms with Crippen LogP contribution in [-0.4, -0.2) is 31.4 Å². The molecule has 0 aliphatic heterocycles. The summed E-state index contributed by atoms with van der Waals surface area (Å²) in [5.41, 5.74) is 1.45. The third kappa shape index (κ3) is 2.86. The topological polar surface area (TPSA) is 57.6 Å². The second-order valence-electron chi connectivity index (χ2n) is 3.71. The lowest BCUT2D eigenvalue weighted by Gasteiger charge is -2.15. The second-order valence-corrected chi connectivity index (χ2v) is 5.76. The van der Waals surface area contributed by atoms with Crippen LogP contribution in [0.25, 0.3) is 0 Å². The molecule has 0 aliphatic carbocycles.